The molecular weight excluding hydrogens is 260 g/mol. The Hall–Kier alpha value is -1.76. The van der Waals surface area contributed by atoms with Crippen LogP contribution in [0.15, 0.2) is 9.59 Å². The summed E-state index contributed by atoms with van der Waals surface area (Å²) in [6.07, 6.45) is 2.86. The van der Waals surface area contributed by atoms with E-state index >= 15 is 0 Å². The van der Waals surface area contributed by atoms with Gasteiger partial charge in [-0.1, -0.05) is 20.3 Å². The zero-order valence-corrected chi connectivity index (χ0v) is 12.2. The Morgan fingerprint density at radius 2 is 2.00 bits per heavy atom. The molecule has 0 aliphatic heterocycles. The van der Waals surface area contributed by atoms with E-state index in [0.717, 1.165) is 19.3 Å². The third-order valence-corrected chi connectivity index (χ3v) is 2.88. The van der Waals surface area contributed by atoms with Crippen LogP contribution in [0.1, 0.15) is 33.1 Å². The summed E-state index contributed by atoms with van der Waals surface area (Å²) in [4.78, 5) is 25.6. The molecule has 0 bridgehead atoms. The molecule has 7 nitrogen and oxygen atoms in total. The van der Waals surface area contributed by atoms with Crippen LogP contribution in [0, 0.1) is 0 Å². The van der Waals surface area contributed by atoms with E-state index in [9.17, 15) is 9.59 Å². The first-order chi connectivity index (χ1) is 9.61. The maximum Gasteiger partial charge on any atom is 0.330 e. The first-order valence-electron chi connectivity index (χ1n) is 7.06. The summed E-state index contributed by atoms with van der Waals surface area (Å²) in [6.45, 7) is 6.18. The standard InChI is InChI=1S/C13H24N4O3/c1-3-5-8-20-9-6-15-10-11(14)17(7-4-2)13(19)16-12(10)18/h15H,3-9,14H2,1-2H3,(H,16,18,19). The minimum absolute atomic E-state index is 0.175. The van der Waals surface area contributed by atoms with Crippen molar-refractivity contribution in [1.29, 1.82) is 0 Å². The topological polar surface area (TPSA) is 102 Å². The molecule has 7 heteroatoms. The molecule has 0 saturated carbocycles. The van der Waals surface area contributed by atoms with E-state index in [1.807, 2.05) is 6.92 Å². The van der Waals surface area contributed by atoms with E-state index in [2.05, 4.69) is 17.2 Å². The number of nitrogens with two attached hydrogens (primary N) is 1. The molecule has 0 spiro atoms. The highest BCUT2D eigenvalue weighted by Crippen LogP contribution is 2.09. The van der Waals surface area contributed by atoms with Crippen molar-refractivity contribution < 1.29 is 4.74 Å². The number of hydrogen-bond donors (Lipinski definition) is 3. The van der Waals surface area contributed by atoms with Gasteiger partial charge in [-0.2, -0.15) is 0 Å². The molecule has 0 radical (unpaired) electrons. The second kappa shape index (κ2) is 8.42. The van der Waals surface area contributed by atoms with Crippen LogP contribution in [0.3, 0.4) is 0 Å². The van der Waals surface area contributed by atoms with Gasteiger partial charge in [0, 0.05) is 19.7 Å². The number of rotatable bonds is 9. The summed E-state index contributed by atoms with van der Waals surface area (Å²) in [5.74, 6) is 0.175. The predicted octanol–water partition coefficient (Wildman–Crippen LogP) is 0.757. The quantitative estimate of drug-likeness (QED) is 0.581. The van der Waals surface area contributed by atoms with Crippen molar-refractivity contribution in [3.63, 3.8) is 0 Å². The Labute approximate surface area is 118 Å². The number of anilines is 2. The van der Waals surface area contributed by atoms with Gasteiger partial charge in [-0.15, -0.1) is 0 Å². The van der Waals surface area contributed by atoms with Gasteiger partial charge >= 0.3 is 5.69 Å². The summed E-state index contributed by atoms with van der Waals surface area (Å²) in [5, 5.41) is 2.93. The summed E-state index contributed by atoms with van der Waals surface area (Å²) in [5.41, 5.74) is 5.14. The summed E-state index contributed by atoms with van der Waals surface area (Å²) in [6, 6.07) is 0. The van der Waals surface area contributed by atoms with Gasteiger partial charge in [0.25, 0.3) is 5.56 Å². The monoisotopic (exact) mass is 284 g/mol. The van der Waals surface area contributed by atoms with Gasteiger partial charge < -0.3 is 15.8 Å². The van der Waals surface area contributed by atoms with E-state index in [-0.39, 0.29) is 11.5 Å². The molecule has 0 amide bonds. The molecule has 0 saturated heterocycles. The van der Waals surface area contributed by atoms with Gasteiger partial charge in [-0.05, 0) is 12.8 Å². The fourth-order valence-corrected chi connectivity index (χ4v) is 1.80. The molecule has 0 aromatic carbocycles. The van der Waals surface area contributed by atoms with Crippen LogP contribution in [0.5, 0.6) is 0 Å². The average Bonchev–Trinajstić information content (AvgIpc) is 2.41. The minimum atomic E-state index is -0.492. The highest BCUT2D eigenvalue weighted by Gasteiger charge is 2.10. The fourth-order valence-electron chi connectivity index (χ4n) is 1.80. The van der Waals surface area contributed by atoms with Crippen molar-refractivity contribution in [3.05, 3.63) is 20.8 Å². The summed E-state index contributed by atoms with van der Waals surface area (Å²) >= 11 is 0. The molecule has 4 N–H and O–H groups in total. The summed E-state index contributed by atoms with van der Waals surface area (Å²) in [7, 11) is 0. The molecule has 1 heterocycles. The minimum Gasteiger partial charge on any atom is -0.383 e. The molecule has 114 valence electrons. The lowest BCUT2D eigenvalue weighted by molar-refractivity contribution is 0.141. The number of unbranched alkanes of at least 4 members (excludes halogenated alkanes) is 1. The van der Waals surface area contributed by atoms with Gasteiger partial charge in [0.2, 0.25) is 0 Å². The first-order valence-corrected chi connectivity index (χ1v) is 7.06. The van der Waals surface area contributed by atoms with E-state index < -0.39 is 11.2 Å². The van der Waals surface area contributed by atoms with Gasteiger partial charge in [-0.3, -0.25) is 14.3 Å². The van der Waals surface area contributed by atoms with Gasteiger partial charge in [0.05, 0.1) is 6.61 Å². The van der Waals surface area contributed by atoms with Crippen molar-refractivity contribution in [1.82, 2.24) is 9.55 Å². The maximum atomic E-state index is 11.7. The molecule has 0 fully saturated rings. The van der Waals surface area contributed by atoms with Crippen molar-refractivity contribution in [2.24, 2.45) is 0 Å². The highest BCUT2D eigenvalue weighted by molar-refractivity contribution is 5.60. The van der Waals surface area contributed by atoms with Gasteiger partial charge in [0.1, 0.15) is 11.5 Å². The number of nitrogens with zero attached hydrogens (tertiary/aromatic N) is 1. The lowest BCUT2D eigenvalue weighted by Gasteiger charge is -2.13. The van der Waals surface area contributed by atoms with Crippen LogP contribution in [-0.2, 0) is 11.3 Å². The third-order valence-electron chi connectivity index (χ3n) is 2.88. The van der Waals surface area contributed by atoms with Crippen LogP contribution in [0.25, 0.3) is 0 Å². The van der Waals surface area contributed by atoms with Crippen molar-refractivity contribution in [2.45, 2.75) is 39.7 Å². The normalized spacial score (nSPS) is 10.7. The number of nitrogens with one attached hydrogen (secondary N) is 2. The van der Waals surface area contributed by atoms with E-state index in [1.54, 1.807) is 0 Å². The maximum absolute atomic E-state index is 11.7. The smallest absolute Gasteiger partial charge is 0.330 e. The molecule has 1 aromatic rings. The van der Waals surface area contributed by atoms with Crippen molar-refractivity contribution in [2.75, 3.05) is 30.8 Å². The van der Waals surface area contributed by atoms with Crippen LogP contribution in [0.2, 0.25) is 0 Å². The summed E-state index contributed by atoms with van der Waals surface area (Å²) < 4.78 is 6.76. The van der Waals surface area contributed by atoms with E-state index in [4.69, 9.17) is 10.5 Å². The second-order valence-electron chi connectivity index (χ2n) is 4.56. The lowest BCUT2D eigenvalue weighted by Crippen LogP contribution is -2.34. The van der Waals surface area contributed by atoms with Crippen LogP contribution in [0.4, 0.5) is 11.5 Å². The molecule has 0 atom stereocenters. The largest absolute Gasteiger partial charge is 0.383 e. The zero-order chi connectivity index (χ0) is 15.0. The Morgan fingerprint density at radius 3 is 2.65 bits per heavy atom. The van der Waals surface area contributed by atoms with Crippen molar-refractivity contribution in [3.8, 4) is 0 Å². The van der Waals surface area contributed by atoms with Crippen molar-refractivity contribution >= 4 is 11.5 Å². The third kappa shape index (κ3) is 4.41. The number of hydrogen-bond acceptors (Lipinski definition) is 5. The second-order valence-corrected chi connectivity index (χ2v) is 4.56. The Bertz CT molecular complexity index is 521. The number of H-pyrrole nitrogens is 1. The molecule has 1 rings (SSSR count). The molecule has 0 unspecified atom stereocenters. The Morgan fingerprint density at radius 1 is 1.25 bits per heavy atom. The SMILES string of the molecule is CCCCOCCNc1c(N)n(CCC)c(=O)[nH]c1=O. The van der Waals surface area contributed by atoms with Crippen LogP contribution in [-0.4, -0.2) is 29.3 Å². The first kappa shape index (κ1) is 16.3. The van der Waals surface area contributed by atoms with E-state index in [0.29, 0.717) is 26.3 Å². The average molecular weight is 284 g/mol. The lowest BCUT2D eigenvalue weighted by atomic mass is 10.4. The molecule has 0 aliphatic carbocycles. The van der Waals surface area contributed by atoms with E-state index in [1.165, 1.54) is 4.57 Å². The highest BCUT2D eigenvalue weighted by atomic mass is 16.5. The van der Waals surface area contributed by atoms with Gasteiger partial charge in [-0.25, -0.2) is 4.79 Å². The predicted molar refractivity (Wildman–Crippen MR) is 80.2 cm³/mol. The number of nitrogen functional groups attached to an aromatic ring is 1. The number of ether oxygens (including phenoxy) is 1. The fraction of sp³-hybridized carbons (Fsp3) is 0.692. The molecular formula is C13H24N4O3. The molecule has 1 aromatic heterocycles. The van der Waals surface area contributed by atoms with Crippen LogP contribution >= 0.6 is 0 Å². The Balaban J connectivity index is 2.68. The number of aromatic amines is 1. The molecule has 20 heavy (non-hydrogen) atoms. The van der Waals surface area contributed by atoms with Gasteiger partial charge in [0.15, 0.2) is 0 Å². The zero-order valence-electron chi connectivity index (χ0n) is 12.2. The van der Waals surface area contributed by atoms with Crippen LogP contribution < -0.4 is 22.3 Å². The molecule has 0 aliphatic rings. The number of aromatic nitrogens is 2. The Kier molecular flexibility index (Phi) is 6.86.